The maximum Gasteiger partial charge on any atom is 0.322 e. The maximum atomic E-state index is 13.0. The van der Waals surface area contributed by atoms with Crippen LogP contribution in [0, 0.1) is 0 Å². The Bertz CT molecular complexity index is 520. The van der Waals surface area contributed by atoms with Crippen LogP contribution in [0.5, 0.6) is 0 Å². The Labute approximate surface area is 122 Å². The van der Waals surface area contributed by atoms with E-state index >= 15 is 0 Å². The van der Waals surface area contributed by atoms with Crippen LogP contribution in [0.3, 0.4) is 0 Å². The molecule has 1 atom stereocenters. The summed E-state index contributed by atoms with van der Waals surface area (Å²) in [5.41, 5.74) is 5.59. The molecule has 1 fully saturated rings. The van der Waals surface area contributed by atoms with E-state index in [1.807, 2.05) is 11.9 Å². The number of rotatable bonds is 4. The Morgan fingerprint density at radius 3 is 2.95 bits per heavy atom. The predicted octanol–water partition coefficient (Wildman–Crippen LogP) is 0.747. The first-order valence-electron chi connectivity index (χ1n) is 6.72. The van der Waals surface area contributed by atoms with Gasteiger partial charge in [0.15, 0.2) is 0 Å². The van der Waals surface area contributed by atoms with Gasteiger partial charge >= 0.3 is 5.92 Å². The molecule has 1 aromatic heterocycles. The first kappa shape index (κ1) is 15.6. The molecular formula is C13H19F2N5O. The number of carbonyl (C=O) groups is 1. The highest BCUT2D eigenvalue weighted by molar-refractivity contribution is 5.83. The minimum atomic E-state index is -3.32. The molecule has 0 spiro atoms. The highest BCUT2D eigenvalue weighted by Crippen LogP contribution is 2.22. The standard InChI is InChI=1S/C13H19F2N5O/c1-13(14,15)12(21)20-6-4-9(7-20)19(2)8-11-17-5-3-10(16)18-11/h3,5,9H,4,6-8H2,1-2H3,(H2,16,17,18). The molecule has 1 aromatic rings. The largest absolute Gasteiger partial charge is 0.384 e. The first-order valence-corrected chi connectivity index (χ1v) is 6.72. The first-order chi connectivity index (χ1) is 9.77. The van der Waals surface area contributed by atoms with Gasteiger partial charge in [0.05, 0.1) is 6.54 Å². The van der Waals surface area contributed by atoms with Crippen LogP contribution in [0.15, 0.2) is 12.3 Å². The number of nitrogen functional groups attached to an aromatic ring is 1. The zero-order valence-electron chi connectivity index (χ0n) is 12.1. The van der Waals surface area contributed by atoms with Gasteiger partial charge in [-0.1, -0.05) is 0 Å². The molecule has 6 nitrogen and oxygen atoms in total. The topological polar surface area (TPSA) is 75.4 Å². The van der Waals surface area contributed by atoms with E-state index in [1.54, 1.807) is 12.3 Å². The van der Waals surface area contributed by atoms with Crippen LogP contribution >= 0.6 is 0 Å². The van der Waals surface area contributed by atoms with Crippen LogP contribution in [0.4, 0.5) is 14.6 Å². The van der Waals surface area contributed by atoms with Crippen molar-refractivity contribution in [3.05, 3.63) is 18.1 Å². The van der Waals surface area contributed by atoms with Crippen LogP contribution in [0.1, 0.15) is 19.2 Å². The zero-order chi connectivity index (χ0) is 15.6. The third-order valence-corrected chi connectivity index (χ3v) is 3.57. The van der Waals surface area contributed by atoms with Gasteiger partial charge in [-0.3, -0.25) is 9.69 Å². The summed E-state index contributed by atoms with van der Waals surface area (Å²) in [7, 11) is 1.86. The molecular weight excluding hydrogens is 280 g/mol. The Morgan fingerprint density at radius 2 is 2.33 bits per heavy atom. The number of halogens is 2. The summed E-state index contributed by atoms with van der Waals surface area (Å²) in [6.07, 6.45) is 2.23. The molecule has 1 aliphatic heterocycles. The van der Waals surface area contributed by atoms with Crippen LogP contribution in [0.25, 0.3) is 0 Å². The average molecular weight is 299 g/mol. The lowest BCUT2D eigenvalue weighted by Gasteiger charge is -2.25. The summed E-state index contributed by atoms with van der Waals surface area (Å²) in [5.74, 6) is -3.46. The van der Waals surface area contributed by atoms with Gasteiger partial charge < -0.3 is 10.6 Å². The quantitative estimate of drug-likeness (QED) is 0.888. The van der Waals surface area contributed by atoms with Crippen molar-refractivity contribution in [1.29, 1.82) is 0 Å². The number of alkyl halides is 2. The predicted molar refractivity (Wildman–Crippen MR) is 73.5 cm³/mol. The summed E-state index contributed by atoms with van der Waals surface area (Å²) >= 11 is 0. The van der Waals surface area contributed by atoms with E-state index < -0.39 is 11.8 Å². The summed E-state index contributed by atoms with van der Waals surface area (Å²) in [5, 5.41) is 0. The number of carbonyl (C=O) groups excluding carboxylic acids is 1. The monoisotopic (exact) mass is 299 g/mol. The molecule has 116 valence electrons. The number of amides is 1. The van der Waals surface area contributed by atoms with Gasteiger partial charge in [0, 0.05) is 32.3 Å². The van der Waals surface area contributed by atoms with Crippen molar-refractivity contribution >= 4 is 11.7 Å². The number of aromatic nitrogens is 2. The number of nitrogens with two attached hydrogens (primary N) is 1. The second-order valence-corrected chi connectivity index (χ2v) is 5.39. The van der Waals surface area contributed by atoms with E-state index in [1.165, 1.54) is 4.90 Å². The second kappa shape index (κ2) is 5.88. The van der Waals surface area contributed by atoms with Gasteiger partial charge in [-0.05, 0) is 19.5 Å². The molecule has 1 saturated heterocycles. The Balaban J connectivity index is 1.93. The lowest BCUT2D eigenvalue weighted by molar-refractivity contribution is -0.153. The van der Waals surface area contributed by atoms with Crippen molar-refractivity contribution in [3.63, 3.8) is 0 Å². The third-order valence-electron chi connectivity index (χ3n) is 3.57. The van der Waals surface area contributed by atoms with Crippen LogP contribution in [-0.2, 0) is 11.3 Å². The molecule has 2 rings (SSSR count). The SMILES string of the molecule is CN(Cc1nccc(N)n1)C1CCN(C(=O)C(C)(F)F)C1. The van der Waals surface area contributed by atoms with Crippen LogP contribution < -0.4 is 5.73 Å². The van der Waals surface area contributed by atoms with Crippen molar-refractivity contribution in [2.75, 3.05) is 25.9 Å². The number of likely N-dealkylation sites (tertiary alicyclic amines) is 1. The minimum absolute atomic E-state index is 0.0151. The van der Waals surface area contributed by atoms with E-state index in [0.717, 1.165) is 0 Å². The Morgan fingerprint density at radius 1 is 1.62 bits per heavy atom. The van der Waals surface area contributed by atoms with E-state index in [0.29, 0.717) is 44.6 Å². The molecule has 2 heterocycles. The Kier molecular flexibility index (Phi) is 4.36. The molecule has 1 unspecified atom stereocenters. The molecule has 1 aliphatic rings. The molecule has 0 aliphatic carbocycles. The van der Waals surface area contributed by atoms with Crippen molar-refractivity contribution in [1.82, 2.24) is 19.8 Å². The van der Waals surface area contributed by atoms with E-state index in [9.17, 15) is 13.6 Å². The summed E-state index contributed by atoms with van der Waals surface area (Å²) in [4.78, 5) is 22.9. The molecule has 8 heteroatoms. The van der Waals surface area contributed by atoms with Crippen LogP contribution in [-0.4, -0.2) is 57.8 Å². The van der Waals surface area contributed by atoms with Crippen LogP contribution in [0.2, 0.25) is 0 Å². The summed E-state index contributed by atoms with van der Waals surface area (Å²) in [6, 6.07) is 1.62. The number of likely N-dealkylation sites (N-methyl/N-ethyl adjacent to an activating group) is 1. The van der Waals surface area contributed by atoms with E-state index in [2.05, 4.69) is 9.97 Å². The molecule has 0 radical (unpaired) electrons. The average Bonchev–Trinajstić information content (AvgIpc) is 2.86. The minimum Gasteiger partial charge on any atom is -0.384 e. The van der Waals surface area contributed by atoms with Gasteiger partial charge in [-0.25, -0.2) is 9.97 Å². The molecule has 1 amide bonds. The van der Waals surface area contributed by atoms with Crippen molar-refractivity contribution in [2.24, 2.45) is 0 Å². The van der Waals surface area contributed by atoms with Gasteiger partial charge in [-0.2, -0.15) is 8.78 Å². The van der Waals surface area contributed by atoms with Crippen molar-refractivity contribution in [2.45, 2.75) is 31.9 Å². The second-order valence-electron chi connectivity index (χ2n) is 5.39. The maximum absolute atomic E-state index is 13.0. The number of hydrogen-bond acceptors (Lipinski definition) is 5. The van der Waals surface area contributed by atoms with E-state index in [-0.39, 0.29) is 6.04 Å². The highest BCUT2D eigenvalue weighted by atomic mass is 19.3. The summed E-state index contributed by atoms with van der Waals surface area (Å²) in [6.45, 7) is 1.73. The lowest BCUT2D eigenvalue weighted by atomic mass is 10.2. The third kappa shape index (κ3) is 3.84. The van der Waals surface area contributed by atoms with Gasteiger partial charge in [-0.15, -0.1) is 0 Å². The molecule has 21 heavy (non-hydrogen) atoms. The van der Waals surface area contributed by atoms with Gasteiger partial charge in [0.1, 0.15) is 11.6 Å². The fourth-order valence-corrected chi connectivity index (χ4v) is 2.41. The normalized spacial score (nSPS) is 19.3. The Hall–Kier alpha value is -1.83. The number of nitrogens with zero attached hydrogens (tertiary/aromatic N) is 4. The molecule has 0 saturated carbocycles. The number of hydrogen-bond donors (Lipinski definition) is 1. The molecule has 2 N–H and O–H groups in total. The van der Waals surface area contributed by atoms with Gasteiger partial charge in [0.25, 0.3) is 5.91 Å². The van der Waals surface area contributed by atoms with E-state index in [4.69, 9.17) is 5.73 Å². The smallest absolute Gasteiger partial charge is 0.322 e. The zero-order valence-corrected chi connectivity index (χ0v) is 12.1. The lowest BCUT2D eigenvalue weighted by Crippen LogP contribution is -2.42. The van der Waals surface area contributed by atoms with Gasteiger partial charge in [0.2, 0.25) is 0 Å². The summed E-state index contributed by atoms with van der Waals surface area (Å²) < 4.78 is 26.1. The fourth-order valence-electron chi connectivity index (χ4n) is 2.41. The van der Waals surface area contributed by atoms with Crippen molar-refractivity contribution < 1.29 is 13.6 Å². The molecule has 0 aromatic carbocycles. The molecule has 0 bridgehead atoms. The van der Waals surface area contributed by atoms with Crippen molar-refractivity contribution in [3.8, 4) is 0 Å². The number of anilines is 1. The fraction of sp³-hybridized carbons (Fsp3) is 0.615. The highest BCUT2D eigenvalue weighted by Gasteiger charge is 2.40.